The van der Waals surface area contributed by atoms with E-state index >= 15 is 0 Å². The summed E-state index contributed by atoms with van der Waals surface area (Å²) in [6.45, 7) is 4.37. The zero-order valence-corrected chi connectivity index (χ0v) is 14.6. The van der Waals surface area contributed by atoms with E-state index in [0.29, 0.717) is 6.04 Å². The van der Waals surface area contributed by atoms with Crippen molar-refractivity contribution in [3.8, 4) is 0 Å². The largest absolute Gasteiger partial charge is 0.464 e. The monoisotopic (exact) mass is 323 g/mol. The molecule has 1 aromatic heterocycles. The van der Waals surface area contributed by atoms with Crippen LogP contribution in [0.15, 0.2) is 58.9 Å². The number of allylic oxidation sites excluding steroid dienone is 2. The Balaban J connectivity index is 1.69. The molecule has 4 heteroatoms. The molecule has 4 nitrogen and oxygen atoms in total. The number of para-hydroxylation sites is 1. The molecule has 0 amide bonds. The van der Waals surface area contributed by atoms with E-state index in [1.54, 1.807) is 0 Å². The van der Waals surface area contributed by atoms with Gasteiger partial charge >= 0.3 is 0 Å². The van der Waals surface area contributed by atoms with Crippen LogP contribution in [0, 0.1) is 0 Å². The molecule has 4 rings (SSSR count). The van der Waals surface area contributed by atoms with Crippen LogP contribution in [0.1, 0.15) is 24.9 Å². The van der Waals surface area contributed by atoms with Crippen molar-refractivity contribution in [2.24, 2.45) is 0 Å². The van der Waals surface area contributed by atoms with Gasteiger partial charge in [-0.25, -0.2) is 5.01 Å². The third-order valence-electron chi connectivity index (χ3n) is 5.30. The molecule has 0 bridgehead atoms. The summed E-state index contributed by atoms with van der Waals surface area (Å²) < 4.78 is 5.82. The molecule has 0 N–H and O–H groups in total. The maximum atomic E-state index is 5.82. The van der Waals surface area contributed by atoms with E-state index in [4.69, 9.17) is 4.42 Å². The fourth-order valence-corrected chi connectivity index (χ4v) is 3.88. The van der Waals surface area contributed by atoms with E-state index in [-0.39, 0.29) is 6.04 Å². The van der Waals surface area contributed by atoms with Gasteiger partial charge in [0.25, 0.3) is 0 Å². The molecule has 2 aliphatic rings. The van der Waals surface area contributed by atoms with Crippen molar-refractivity contribution in [3.63, 3.8) is 0 Å². The van der Waals surface area contributed by atoms with Gasteiger partial charge in [0.05, 0.1) is 12.3 Å². The number of hydrazine groups is 1. The van der Waals surface area contributed by atoms with Crippen molar-refractivity contribution < 1.29 is 4.42 Å². The number of hydrogen-bond acceptors (Lipinski definition) is 4. The molecule has 126 valence electrons. The van der Waals surface area contributed by atoms with E-state index in [1.165, 1.54) is 22.9 Å². The van der Waals surface area contributed by atoms with Crippen molar-refractivity contribution in [1.82, 2.24) is 14.9 Å². The normalized spacial score (nSPS) is 25.0. The van der Waals surface area contributed by atoms with Gasteiger partial charge in [-0.15, -0.1) is 0 Å². The van der Waals surface area contributed by atoms with Crippen LogP contribution >= 0.6 is 0 Å². The lowest BCUT2D eigenvalue weighted by molar-refractivity contribution is 0.0114. The molecular weight excluding hydrogens is 298 g/mol. The Morgan fingerprint density at radius 2 is 2.04 bits per heavy atom. The highest BCUT2D eigenvalue weighted by atomic mass is 16.3. The summed E-state index contributed by atoms with van der Waals surface area (Å²) in [6.07, 6.45) is 9.70. The summed E-state index contributed by atoms with van der Waals surface area (Å²) >= 11 is 0. The first-order chi connectivity index (χ1) is 11.6. The molecule has 2 aromatic rings. The van der Waals surface area contributed by atoms with Crippen molar-refractivity contribution in [3.05, 3.63) is 60.0 Å². The topological polar surface area (TPSA) is 22.9 Å². The van der Waals surface area contributed by atoms with Crippen LogP contribution in [-0.4, -0.2) is 48.1 Å². The molecule has 1 saturated heterocycles. The summed E-state index contributed by atoms with van der Waals surface area (Å²) in [5.41, 5.74) is 3.55. The minimum Gasteiger partial charge on any atom is -0.464 e. The fourth-order valence-electron chi connectivity index (χ4n) is 3.88. The molecule has 2 aliphatic heterocycles. The average molecular weight is 323 g/mol. The Bertz CT molecular complexity index is 789. The second kappa shape index (κ2) is 6.11. The third-order valence-corrected chi connectivity index (χ3v) is 5.30. The van der Waals surface area contributed by atoms with E-state index < -0.39 is 0 Å². The van der Waals surface area contributed by atoms with Crippen molar-refractivity contribution in [2.75, 3.05) is 27.2 Å². The van der Waals surface area contributed by atoms with Gasteiger partial charge in [-0.3, -0.25) is 0 Å². The maximum absolute atomic E-state index is 5.82. The molecular formula is C20H25N3O. The lowest BCUT2D eigenvalue weighted by Crippen LogP contribution is -2.43. The van der Waals surface area contributed by atoms with Crippen LogP contribution in [0.2, 0.25) is 0 Å². The summed E-state index contributed by atoms with van der Waals surface area (Å²) in [5, 5.41) is 6.08. The van der Waals surface area contributed by atoms with Crippen molar-refractivity contribution in [1.29, 1.82) is 0 Å². The van der Waals surface area contributed by atoms with E-state index in [1.807, 2.05) is 18.4 Å². The minimum absolute atomic E-state index is 0.208. The molecule has 1 fully saturated rings. The van der Waals surface area contributed by atoms with Crippen molar-refractivity contribution in [2.45, 2.75) is 25.4 Å². The zero-order valence-electron chi connectivity index (χ0n) is 14.6. The van der Waals surface area contributed by atoms with Gasteiger partial charge in [-0.2, -0.15) is 0 Å². The predicted molar refractivity (Wildman–Crippen MR) is 97.4 cm³/mol. The Morgan fingerprint density at radius 1 is 1.21 bits per heavy atom. The van der Waals surface area contributed by atoms with Crippen LogP contribution < -0.4 is 0 Å². The first-order valence-electron chi connectivity index (χ1n) is 8.66. The quantitative estimate of drug-likeness (QED) is 0.857. The van der Waals surface area contributed by atoms with E-state index in [2.05, 4.69) is 66.4 Å². The number of benzene rings is 1. The predicted octanol–water partition coefficient (Wildman–Crippen LogP) is 3.80. The van der Waals surface area contributed by atoms with Gasteiger partial charge in [0.15, 0.2) is 0 Å². The molecule has 3 heterocycles. The minimum atomic E-state index is 0.208. The van der Waals surface area contributed by atoms with Gasteiger partial charge < -0.3 is 14.3 Å². The smallest absolute Gasteiger partial charge is 0.134 e. The number of furan rings is 1. The third kappa shape index (κ3) is 2.56. The lowest BCUT2D eigenvalue weighted by Gasteiger charge is -2.40. The van der Waals surface area contributed by atoms with Crippen LogP contribution in [0.3, 0.4) is 0 Å². The Morgan fingerprint density at radius 3 is 2.83 bits per heavy atom. The SMILES string of the molecule is CC1=CC=CN(N2CC[C@H](N(C)C)C2)C1c1coc2ccccc12. The highest BCUT2D eigenvalue weighted by molar-refractivity contribution is 5.82. The van der Waals surface area contributed by atoms with Gasteiger partial charge in [-0.05, 0) is 45.2 Å². The number of nitrogens with zero attached hydrogens (tertiary/aromatic N) is 3. The van der Waals surface area contributed by atoms with E-state index in [9.17, 15) is 0 Å². The lowest BCUT2D eigenvalue weighted by atomic mass is 9.97. The molecule has 2 atom stereocenters. The molecule has 1 unspecified atom stereocenters. The Labute approximate surface area is 143 Å². The first-order valence-corrected chi connectivity index (χ1v) is 8.66. The first kappa shape index (κ1) is 15.5. The fraction of sp³-hybridized carbons (Fsp3) is 0.400. The highest BCUT2D eigenvalue weighted by Crippen LogP contribution is 2.38. The van der Waals surface area contributed by atoms with Gasteiger partial charge in [0, 0.05) is 36.3 Å². The second-order valence-electron chi connectivity index (χ2n) is 7.04. The average Bonchev–Trinajstić information content (AvgIpc) is 3.22. The summed E-state index contributed by atoms with van der Waals surface area (Å²) in [5.74, 6) is 0. The van der Waals surface area contributed by atoms with Gasteiger partial charge in [0.1, 0.15) is 5.58 Å². The van der Waals surface area contributed by atoms with Crippen molar-refractivity contribution >= 4 is 11.0 Å². The van der Waals surface area contributed by atoms with Crippen LogP contribution in [0.4, 0.5) is 0 Å². The maximum Gasteiger partial charge on any atom is 0.134 e. The summed E-state index contributed by atoms with van der Waals surface area (Å²) in [6, 6.07) is 9.13. The van der Waals surface area contributed by atoms with Crippen LogP contribution in [0.25, 0.3) is 11.0 Å². The molecule has 0 aliphatic carbocycles. The molecule has 0 radical (unpaired) electrons. The van der Waals surface area contributed by atoms with Gasteiger partial charge in [-0.1, -0.05) is 24.3 Å². The van der Waals surface area contributed by atoms with Crippen LogP contribution in [-0.2, 0) is 0 Å². The Kier molecular flexibility index (Phi) is 3.94. The van der Waals surface area contributed by atoms with Gasteiger partial charge in [0.2, 0.25) is 0 Å². The summed E-state index contributed by atoms with van der Waals surface area (Å²) in [7, 11) is 4.35. The second-order valence-corrected chi connectivity index (χ2v) is 7.04. The van der Waals surface area contributed by atoms with E-state index in [0.717, 1.165) is 18.7 Å². The summed E-state index contributed by atoms with van der Waals surface area (Å²) in [4.78, 5) is 2.33. The zero-order chi connectivity index (χ0) is 16.7. The number of rotatable bonds is 3. The number of likely N-dealkylation sites (N-methyl/N-ethyl adjacent to an activating group) is 1. The number of hydrogen-bond donors (Lipinski definition) is 0. The van der Waals surface area contributed by atoms with Crippen LogP contribution in [0.5, 0.6) is 0 Å². The molecule has 0 saturated carbocycles. The molecule has 0 spiro atoms. The highest BCUT2D eigenvalue weighted by Gasteiger charge is 2.33. The Hall–Kier alpha value is -2.04. The molecule has 1 aromatic carbocycles. The molecule has 24 heavy (non-hydrogen) atoms. The standard InChI is InChI=1S/C20H25N3O/c1-15-7-6-11-23(22-12-10-16(13-22)21(2)3)20(15)18-14-24-19-9-5-4-8-17(18)19/h4-9,11,14,16,20H,10,12-13H2,1-3H3/t16-,20?/m0/s1. The number of fused-ring (bicyclic) bond motifs is 1.